The normalized spacial score (nSPS) is 12.9. The summed E-state index contributed by atoms with van der Waals surface area (Å²) < 4.78 is 0. The highest BCUT2D eigenvalue weighted by atomic mass is 35.5. The average Bonchev–Trinajstić information content (AvgIpc) is 2.92. The van der Waals surface area contributed by atoms with Crippen LogP contribution < -0.4 is 10.2 Å². The van der Waals surface area contributed by atoms with Crippen molar-refractivity contribution in [3.63, 3.8) is 0 Å². The molecular formula is C22H15ClN2O3. The molecule has 5 nitrogen and oxygen atoms in total. The van der Waals surface area contributed by atoms with Gasteiger partial charge in [0.25, 0.3) is 17.7 Å². The fourth-order valence-electron chi connectivity index (χ4n) is 3.18. The fourth-order valence-corrected chi connectivity index (χ4v) is 3.37. The second-order valence-corrected chi connectivity index (χ2v) is 6.89. The molecule has 0 fully saturated rings. The number of aryl methyl sites for hydroxylation is 1. The second kappa shape index (κ2) is 6.94. The van der Waals surface area contributed by atoms with Crippen LogP contribution in [-0.4, -0.2) is 17.7 Å². The first-order valence-electron chi connectivity index (χ1n) is 8.61. The van der Waals surface area contributed by atoms with Crippen LogP contribution in [0.2, 0.25) is 5.02 Å². The van der Waals surface area contributed by atoms with Gasteiger partial charge >= 0.3 is 0 Å². The van der Waals surface area contributed by atoms with Gasteiger partial charge in [0.05, 0.1) is 16.8 Å². The van der Waals surface area contributed by atoms with Crippen molar-refractivity contribution < 1.29 is 14.4 Å². The fraction of sp³-hybridized carbons (Fsp3) is 0.0455. The maximum absolute atomic E-state index is 12.9. The number of hydrogen-bond donors (Lipinski definition) is 1. The Kier molecular flexibility index (Phi) is 4.45. The van der Waals surface area contributed by atoms with E-state index >= 15 is 0 Å². The minimum atomic E-state index is -0.438. The topological polar surface area (TPSA) is 66.5 Å². The summed E-state index contributed by atoms with van der Waals surface area (Å²) in [4.78, 5) is 39.4. The van der Waals surface area contributed by atoms with E-state index in [4.69, 9.17) is 11.6 Å². The molecule has 0 bridgehead atoms. The zero-order chi connectivity index (χ0) is 19.8. The van der Waals surface area contributed by atoms with Crippen molar-refractivity contribution in [1.29, 1.82) is 0 Å². The number of hydrogen-bond acceptors (Lipinski definition) is 3. The average molecular weight is 391 g/mol. The summed E-state index contributed by atoms with van der Waals surface area (Å²) in [7, 11) is 0. The van der Waals surface area contributed by atoms with E-state index in [0.717, 1.165) is 10.5 Å². The second-order valence-electron chi connectivity index (χ2n) is 6.46. The largest absolute Gasteiger partial charge is 0.322 e. The van der Waals surface area contributed by atoms with E-state index in [2.05, 4.69) is 5.32 Å². The molecule has 4 rings (SSSR count). The van der Waals surface area contributed by atoms with Crippen LogP contribution in [0.25, 0.3) is 0 Å². The summed E-state index contributed by atoms with van der Waals surface area (Å²) in [6.45, 7) is 1.84. The molecular weight excluding hydrogens is 376 g/mol. The molecule has 3 aromatic rings. The quantitative estimate of drug-likeness (QED) is 0.659. The molecule has 28 heavy (non-hydrogen) atoms. The number of anilines is 2. The molecule has 0 unspecified atom stereocenters. The van der Waals surface area contributed by atoms with Gasteiger partial charge in [0.1, 0.15) is 0 Å². The molecule has 6 heteroatoms. The number of rotatable bonds is 3. The molecule has 0 radical (unpaired) electrons. The van der Waals surface area contributed by atoms with Crippen molar-refractivity contribution in [2.24, 2.45) is 0 Å². The first kappa shape index (κ1) is 17.9. The number of fused-ring (bicyclic) bond motifs is 1. The Morgan fingerprint density at radius 2 is 1.64 bits per heavy atom. The summed E-state index contributed by atoms with van der Waals surface area (Å²) in [5, 5.41) is 3.24. The lowest BCUT2D eigenvalue weighted by Gasteiger charge is -2.16. The molecule has 0 spiro atoms. The van der Waals surface area contributed by atoms with Gasteiger partial charge in [-0.05, 0) is 55.0 Å². The van der Waals surface area contributed by atoms with Gasteiger partial charge in [0.15, 0.2) is 0 Å². The van der Waals surface area contributed by atoms with Gasteiger partial charge in [-0.1, -0.05) is 35.9 Å². The minimum Gasteiger partial charge on any atom is -0.322 e. The molecule has 1 N–H and O–H groups in total. The summed E-state index contributed by atoms with van der Waals surface area (Å²) in [5.74, 6) is -1.22. The van der Waals surface area contributed by atoms with Crippen molar-refractivity contribution >= 4 is 40.7 Å². The van der Waals surface area contributed by atoms with E-state index in [1.165, 1.54) is 18.2 Å². The SMILES string of the molecule is Cc1ccccc1N1C(=O)c2ccc(C(=O)Nc3cccc(Cl)c3)cc2C1=O. The maximum Gasteiger partial charge on any atom is 0.266 e. The molecule has 0 saturated carbocycles. The van der Waals surface area contributed by atoms with E-state index in [-0.39, 0.29) is 22.6 Å². The summed E-state index contributed by atoms with van der Waals surface area (Å²) in [6, 6.07) is 18.4. The van der Waals surface area contributed by atoms with Gasteiger partial charge in [0, 0.05) is 16.3 Å². The minimum absolute atomic E-state index is 0.215. The third-order valence-corrected chi connectivity index (χ3v) is 4.82. The third-order valence-electron chi connectivity index (χ3n) is 4.59. The van der Waals surface area contributed by atoms with E-state index in [1.807, 2.05) is 19.1 Å². The van der Waals surface area contributed by atoms with Crippen LogP contribution in [0.3, 0.4) is 0 Å². The first-order chi connectivity index (χ1) is 13.5. The summed E-state index contributed by atoms with van der Waals surface area (Å²) >= 11 is 5.93. The van der Waals surface area contributed by atoms with Crippen molar-refractivity contribution in [3.8, 4) is 0 Å². The van der Waals surface area contributed by atoms with E-state index in [1.54, 1.807) is 36.4 Å². The molecule has 3 amide bonds. The molecule has 138 valence electrons. The lowest BCUT2D eigenvalue weighted by molar-refractivity contribution is 0.0925. The Bertz CT molecular complexity index is 1140. The standard InChI is InChI=1S/C22H15ClN2O3/c1-13-5-2-3-8-19(13)25-21(27)17-10-9-14(11-18(17)22(25)28)20(26)24-16-7-4-6-15(23)12-16/h2-12H,1H3,(H,24,26). The number of nitrogens with one attached hydrogen (secondary N) is 1. The predicted octanol–water partition coefficient (Wildman–Crippen LogP) is 4.70. The van der Waals surface area contributed by atoms with Gasteiger partial charge in [-0.3, -0.25) is 14.4 Å². The van der Waals surface area contributed by atoms with Crippen molar-refractivity contribution in [2.75, 3.05) is 10.2 Å². The molecule has 0 aromatic heterocycles. The summed E-state index contributed by atoms with van der Waals surface area (Å²) in [6.07, 6.45) is 0. The molecule has 3 aromatic carbocycles. The maximum atomic E-state index is 12.9. The number of amides is 3. The van der Waals surface area contributed by atoms with Crippen molar-refractivity contribution in [2.45, 2.75) is 6.92 Å². The number of nitrogens with zero attached hydrogens (tertiary/aromatic N) is 1. The number of imide groups is 1. The molecule has 0 atom stereocenters. The Hall–Kier alpha value is -3.44. The van der Waals surface area contributed by atoms with Crippen LogP contribution >= 0.6 is 11.6 Å². The van der Waals surface area contributed by atoms with Gasteiger partial charge in [-0.15, -0.1) is 0 Å². The van der Waals surface area contributed by atoms with E-state index < -0.39 is 11.8 Å². The number of halogens is 1. The molecule has 1 aliphatic rings. The number of benzene rings is 3. The van der Waals surface area contributed by atoms with Crippen LogP contribution in [0, 0.1) is 6.92 Å². The molecule has 1 aliphatic heterocycles. The molecule has 1 heterocycles. The Balaban J connectivity index is 1.65. The van der Waals surface area contributed by atoms with Crippen LogP contribution in [0.1, 0.15) is 36.6 Å². The smallest absolute Gasteiger partial charge is 0.266 e. The highest BCUT2D eigenvalue weighted by Gasteiger charge is 2.37. The van der Waals surface area contributed by atoms with Gasteiger partial charge in [0.2, 0.25) is 0 Å². The van der Waals surface area contributed by atoms with E-state index in [0.29, 0.717) is 16.4 Å². The Morgan fingerprint density at radius 1 is 0.893 bits per heavy atom. The zero-order valence-corrected chi connectivity index (χ0v) is 15.7. The number of carbonyl (C=O) groups excluding carboxylic acids is 3. The van der Waals surface area contributed by atoms with Gasteiger partial charge in [-0.25, -0.2) is 4.90 Å². The highest BCUT2D eigenvalue weighted by molar-refractivity contribution is 6.35. The van der Waals surface area contributed by atoms with Gasteiger partial charge in [-0.2, -0.15) is 0 Å². The van der Waals surface area contributed by atoms with Crippen LogP contribution in [-0.2, 0) is 0 Å². The van der Waals surface area contributed by atoms with Crippen LogP contribution in [0.15, 0.2) is 66.7 Å². The third kappa shape index (κ3) is 3.06. The Morgan fingerprint density at radius 3 is 2.39 bits per heavy atom. The van der Waals surface area contributed by atoms with Crippen LogP contribution in [0.5, 0.6) is 0 Å². The number of para-hydroxylation sites is 1. The molecule has 0 aliphatic carbocycles. The molecule has 0 saturated heterocycles. The van der Waals surface area contributed by atoms with Crippen LogP contribution in [0.4, 0.5) is 11.4 Å². The van der Waals surface area contributed by atoms with Gasteiger partial charge < -0.3 is 5.32 Å². The first-order valence-corrected chi connectivity index (χ1v) is 8.99. The predicted molar refractivity (Wildman–Crippen MR) is 108 cm³/mol. The van der Waals surface area contributed by atoms with E-state index in [9.17, 15) is 14.4 Å². The number of carbonyl (C=O) groups is 3. The lowest BCUT2D eigenvalue weighted by Crippen LogP contribution is -2.29. The lowest BCUT2D eigenvalue weighted by atomic mass is 10.1. The zero-order valence-electron chi connectivity index (χ0n) is 14.9. The van der Waals surface area contributed by atoms with Crippen molar-refractivity contribution in [3.05, 3.63) is 94.0 Å². The highest BCUT2D eigenvalue weighted by Crippen LogP contribution is 2.31. The van der Waals surface area contributed by atoms with Crippen molar-refractivity contribution in [1.82, 2.24) is 0 Å². The summed E-state index contributed by atoms with van der Waals surface area (Å²) in [5.41, 5.74) is 2.68. The Labute approximate surface area is 166 Å². The monoisotopic (exact) mass is 390 g/mol.